The molecule has 6 nitrogen and oxygen atoms in total. The molecule has 176 valence electrons. The van der Waals surface area contributed by atoms with Crippen LogP contribution in [0.4, 0.5) is 5.69 Å². The van der Waals surface area contributed by atoms with Gasteiger partial charge in [0.15, 0.2) is 5.17 Å². The Bertz CT molecular complexity index is 1320. The minimum atomic E-state index is -0.566. The highest BCUT2D eigenvalue weighted by Crippen LogP contribution is 2.38. The highest BCUT2D eigenvalue weighted by atomic mass is 32.2. The van der Waals surface area contributed by atoms with Crippen molar-refractivity contribution < 1.29 is 9.59 Å². The summed E-state index contributed by atoms with van der Waals surface area (Å²) in [6.07, 6.45) is 0.766. The molecule has 0 spiro atoms. The van der Waals surface area contributed by atoms with Gasteiger partial charge in [0.05, 0.1) is 11.8 Å². The SMILES string of the molecule is Cc1ccc([C@@H]2CC(c3ccccc3)=NN2C2=NC(=O)[C@@H](CC(=O)Nc3ccccc3C)S2)cc1. The molecule has 7 heteroatoms. The number of carbonyl (C=O) groups excluding carboxylic acids is 2. The van der Waals surface area contributed by atoms with Crippen LogP contribution in [0.25, 0.3) is 0 Å². The first-order valence-corrected chi connectivity index (χ1v) is 12.5. The van der Waals surface area contributed by atoms with Crippen LogP contribution in [-0.2, 0) is 9.59 Å². The van der Waals surface area contributed by atoms with Crippen LogP contribution in [0.1, 0.15) is 41.1 Å². The number of benzene rings is 3. The summed E-state index contributed by atoms with van der Waals surface area (Å²) in [6.45, 7) is 4.00. The number of rotatable bonds is 5. The number of para-hydroxylation sites is 1. The Morgan fingerprint density at radius 2 is 1.71 bits per heavy atom. The number of nitrogens with zero attached hydrogens (tertiary/aromatic N) is 3. The van der Waals surface area contributed by atoms with Crippen LogP contribution in [0.15, 0.2) is 89.0 Å². The summed E-state index contributed by atoms with van der Waals surface area (Å²) in [4.78, 5) is 29.8. The molecule has 2 amide bonds. The van der Waals surface area contributed by atoms with Crippen LogP contribution in [-0.4, -0.2) is 33.0 Å². The molecule has 1 N–H and O–H groups in total. The number of aryl methyl sites for hydroxylation is 2. The van der Waals surface area contributed by atoms with Crippen LogP contribution >= 0.6 is 11.8 Å². The van der Waals surface area contributed by atoms with E-state index < -0.39 is 5.25 Å². The van der Waals surface area contributed by atoms with Gasteiger partial charge in [-0.05, 0) is 36.6 Å². The molecule has 35 heavy (non-hydrogen) atoms. The van der Waals surface area contributed by atoms with E-state index in [2.05, 4.69) is 41.5 Å². The molecule has 0 saturated heterocycles. The molecule has 5 rings (SSSR count). The second-order valence-electron chi connectivity index (χ2n) is 8.79. The normalized spacial score (nSPS) is 19.5. The molecular formula is C28H26N4O2S. The highest BCUT2D eigenvalue weighted by molar-refractivity contribution is 8.15. The second-order valence-corrected chi connectivity index (χ2v) is 9.96. The highest BCUT2D eigenvalue weighted by Gasteiger charge is 2.39. The monoisotopic (exact) mass is 482 g/mol. The average molecular weight is 483 g/mol. The maximum absolute atomic E-state index is 12.8. The summed E-state index contributed by atoms with van der Waals surface area (Å²) in [5.41, 5.74) is 6.03. The van der Waals surface area contributed by atoms with Crippen molar-refractivity contribution in [1.29, 1.82) is 0 Å². The Balaban J connectivity index is 1.35. The molecule has 2 aliphatic heterocycles. The summed E-state index contributed by atoms with van der Waals surface area (Å²) in [7, 11) is 0. The van der Waals surface area contributed by atoms with Gasteiger partial charge >= 0.3 is 0 Å². The zero-order valence-electron chi connectivity index (χ0n) is 19.6. The minimum Gasteiger partial charge on any atom is -0.326 e. The molecule has 2 aliphatic rings. The first-order chi connectivity index (χ1) is 17.0. The topological polar surface area (TPSA) is 74.1 Å². The third-order valence-electron chi connectivity index (χ3n) is 6.19. The van der Waals surface area contributed by atoms with Gasteiger partial charge in [0.1, 0.15) is 5.25 Å². The van der Waals surface area contributed by atoms with Gasteiger partial charge in [-0.15, -0.1) is 0 Å². The molecule has 0 radical (unpaired) electrons. The van der Waals surface area contributed by atoms with Crippen molar-refractivity contribution in [2.75, 3.05) is 5.32 Å². The predicted molar refractivity (Wildman–Crippen MR) is 142 cm³/mol. The second kappa shape index (κ2) is 9.88. The fraction of sp³-hybridized carbons (Fsp3) is 0.214. The molecule has 0 bridgehead atoms. The molecule has 0 unspecified atom stereocenters. The third-order valence-corrected chi connectivity index (χ3v) is 7.34. The molecule has 2 heterocycles. The van der Waals surface area contributed by atoms with Crippen molar-refractivity contribution in [3.05, 3.63) is 101 Å². The van der Waals surface area contributed by atoms with Crippen LogP contribution in [0.5, 0.6) is 0 Å². The lowest BCUT2D eigenvalue weighted by molar-refractivity contribution is -0.121. The number of hydrogen-bond donors (Lipinski definition) is 1. The Morgan fingerprint density at radius 3 is 2.46 bits per heavy atom. The van der Waals surface area contributed by atoms with Gasteiger partial charge in [-0.1, -0.05) is 90.1 Å². The number of anilines is 1. The van der Waals surface area contributed by atoms with Gasteiger partial charge in [-0.2, -0.15) is 10.1 Å². The van der Waals surface area contributed by atoms with Crippen LogP contribution in [0.2, 0.25) is 0 Å². The maximum atomic E-state index is 12.8. The van der Waals surface area contributed by atoms with Crippen molar-refractivity contribution >= 4 is 40.1 Å². The summed E-state index contributed by atoms with van der Waals surface area (Å²) in [6, 6.07) is 26.0. The standard InChI is InChI=1S/C28H26N4O2S/c1-18-12-14-21(15-13-18)24-16-23(20-9-4-3-5-10-20)31-32(24)28-30-27(34)25(35-28)17-26(33)29-22-11-7-6-8-19(22)2/h3-15,24-25H,16-17H2,1-2H3,(H,29,33)/t24-,25+/m0/s1. The number of hydrogen-bond acceptors (Lipinski definition) is 5. The number of amides is 2. The average Bonchev–Trinajstić information content (AvgIpc) is 3.46. The van der Waals surface area contributed by atoms with E-state index in [-0.39, 0.29) is 24.3 Å². The van der Waals surface area contributed by atoms with Gasteiger partial charge in [0.25, 0.3) is 5.91 Å². The molecule has 0 aromatic heterocycles. The van der Waals surface area contributed by atoms with Gasteiger partial charge < -0.3 is 5.32 Å². The van der Waals surface area contributed by atoms with E-state index in [4.69, 9.17) is 5.10 Å². The molecule has 0 saturated carbocycles. The van der Waals surface area contributed by atoms with E-state index in [1.807, 2.05) is 66.5 Å². The lowest BCUT2D eigenvalue weighted by Gasteiger charge is -2.23. The van der Waals surface area contributed by atoms with Crippen molar-refractivity contribution in [2.45, 2.75) is 38.0 Å². The van der Waals surface area contributed by atoms with Gasteiger partial charge in [0.2, 0.25) is 5.91 Å². The molecule has 0 aliphatic carbocycles. The van der Waals surface area contributed by atoms with Crippen LogP contribution in [0, 0.1) is 13.8 Å². The first-order valence-electron chi connectivity index (χ1n) is 11.6. The van der Waals surface area contributed by atoms with Gasteiger partial charge in [-0.3, -0.25) is 9.59 Å². The third kappa shape index (κ3) is 5.05. The number of carbonyl (C=O) groups is 2. The van der Waals surface area contributed by atoms with E-state index in [1.165, 1.54) is 17.3 Å². The van der Waals surface area contributed by atoms with Crippen LogP contribution in [0.3, 0.4) is 0 Å². The fourth-order valence-electron chi connectivity index (χ4n) is 4.23. The number of thioether (sulfide) groups is 1. The largest absolute Gasteiger partial charge is 0.326 e. The first kappa shape index (κ1) is 23.1. The smallest absolute Gasteiger partial charge is 0.262 e. The lowest BCUT2D eigenvalue weighted by atomic mass is 9.98. The summed E-state index contributed by atoms with van der Waals surface area (Å²) in [5.74, 6) is -0.498. The molecule has 3 aromatic rings. The zero-order valence-corrected chi connectivity index (χ0v) is 20.5. The Morgan fingerprint density at radius 1 is 1.00 bits per heavy atom. The molecule has 2 atom stereocenters. The summed E-state index contributed by atoms with van der Waals surface area (Å²) in [5, 5.41) is 9.64. The molecule has 0 fully saturated rings. The van der Waals surface area contributed by atoms with Gasteiger partial charge in [0, 0.05) is 18.5 Å². The lowest BCUT2D eigenvalue weighted by Crippen LogP contribution is -2.25. The molecular weight excluding hydrogens is 456 g/mol. The number of nitrogens with one attached hydrogen (secondary N) is 1. The van der Waals surface area contributed by atoms with E-state index in [9.17, 15) is 9.59 Å². The van der Waals surface area contributed by atoms with Gasteiger partial charge in [-0.25, -0.2) is 5.01 Å². The summed E-state index contributed by atoms with van der Waals surface area (Å²) < 4.78 is 0. The minimum absolute atomic E-state index is 0.0587. The number of hydrazone groups is 1. The van der Waals surface area contributed by atoms with E-state index in [1.54, 1.807) is 0 Å². The maximum Gasteiger partial charge on any atom is 0.262 e. The predicted octanol–water partition coefficient (Wildman–Crippen LogP) is 5.48. The quantitative estimate of drug-likeness (QED) is 0.523. The van der Waals surface area contributed by atoms with E-state index in [0.717, 1.165) is 28.1 Å². The fourth-order valence-corrected chi connectivity index (χ4v) is 5.29. The van der Waals surface area contributed by atoms with E-state index >= 15 is 0 Å². The summed E-state index contributed by atoms with van der Waals surface area (Å²) >= 11 is 1.32. The van der Waals surface area contributed by atoms with Crippen molar-refractivity contribution in [1.82, 2.24) is 5.01 Å². The van der Waals surface area contributed by atoms with Crippen LogP contribution < -0.4 is 5.32 Å². The number of aliphatic imine (C=N–C) groups is 1. The Hall–Kier alpha value is -3.71. The number of amidine groups is 1. The zero-order chi connectivity index (χ0) is 24.4. The Kier molecular flexibility index (Phi) is 6.51. The Labute approximate surface area is 209 Å². The van der Waals surface area contributed by atoms with Crippen molar-refractivity contribution in [3.8, 4) is 0 Å². The molecule has 3 aromatic carbocycles. The van der Waals surface area contributed by atoms with Crippen molar-refractivity contribution in [3.63, 3.8) is 0 Å². The van der Waals surface area contributed by atoms with Crippen molar-refractivity contribution in [2.24, 2.45) is 10.1 Å². The van der Waals surface area contributed by atoms with E-state index in [0.29, 0.717) is 11.6 Å².